The molecule has 0 aromatic carbocycles. The van der Waals surface area contributed by atoms with E-state index in [1.54, 1.807) is 0 Å². The lowest BCUT2D eigenvalue weighted by Gasteiger charge is -1.95. The SMILES string of the molecule is O=c1[nH]cnc2nc(SC=CC(F)(F)F)[nH]c12. The fraction of sp³-hybridized carbons (Fsp3) is 0.125. The number of halogens is 3. The van der Waals surface area contributed by atoms with Gasteiger partial charge in [0.05, 0.1) is 6.33 Å². The van der Waals surface area contributed by atoms with E-state index in [2.05, 4.69) is 19.9 Å². The van der Waals surface area contributed by atoms with Crippen LogP contribution in [0.5, 0.6) is 0 Å². The largest absolute Gasteiger partial charge is 0.410 e. The molecule has 0 unspecified atom stereocenters. The minimum atomic E-state index is -4.37. The van der Waals surface area contributed by atoms with Crippen molar-refractivity contribution in [2.75, 3.05) is 0 Å². The van der Waals surface area contributed by atoms with Crippen LogP contribution in [0.15, 0.2) is 27.8 Å². The van der Waals surface area contributed by atoms with Gasteiger partial charge < -0.3 is 9.97 Å². The number of aromatic amines is 2. The molecular weight excluding hydrogens is 257 g/mol. The Hall–Kier alpha value is -1.77. The minimum Gasteiger partial charge on any atom is -0.327 e. The molecule has 2 aromatic rings. The molecule has 2 heterocycles. The highest BCUT2D eigenvalue weighted by molar-refractivity contribution is 8.02. The Balaban J connectivity index is 2.24. The molecular formula is C8H5F3N4OS. The highest BCUT2D eigenvalue weighted by Crippen LogP contribution is 2.22. The molecule has 0 saturated carbocycles. The average Bonchev–Trinajstić information content (AvgIpc) is 2.60. The first kappa shape index (κ1) is 11.7. The van der Waals surface area contributed by atoms with Crippen LogP contribution in [-0.2, 0) is 0 Å². The summed E-state index contributed by atoms with van der Waals surface area (Å²) >= 11 is 0.722. The van der Waals surface area contributed by atoms with E-state index in [0.29, 0.717) is 0 Å². The quantitative estimate of drug-likeness (QED) is 0.809. The number of H-pyrrole nitrogens is 2. The first-order valence-electron chi connectivity index (χ1n) is 4.30. The number of aromatic nitrogens is 4. The molecule has 0 aliphatic rings. The average molecular weight is 262 g/mol. The Labute approximate surface area is 96.2 Å². The van der Waals surface area contributed by atoms with Gasteiger partial charge in [0.25, 0.3) is 5.56 Å². The summed E-state index contributed by atoms with van der Waals surface area (Å²) in [5.41, 5.74) is -0.124. The standard InChI is InChI=1S/C8H5F3N4OS/c9-8(10,11)1-2-17-7-14-4-5(15-7)12-3-13-6(4)16/h1-3H,(H2,12,13,14,15,16). The minimum absolute atomic E-state index is 0.0858. The number of hydrogen-bond acceptors (Lipinski definition) is 4. The molecule has 0 radical (unpaired) electrons. The van der Waals surface area contributed by atoms with E-state index in [9.17, 15) is 18.0 Å². The summed E-state index contributed by atoms with van der Waals surface area (Å²) in [6.45, 7) is 0. The fourth-order valence-electron chi connectivity index (χ4n) is 1.05. The molecule has 90 valence electrons. The third-order valence-electron chi connectivity index (χ3n) is 1.71. The topological polar surface area (TPSA) is 74.4 Å². The van der Waals surface area contributed by atoms with E-state index in [1.807, 2.05) is 0 Å². The van der Waals surface area contributed by atoms with Crippen molar-refractivity contribution in [3.8, 4) is 0 Å². The number of fused-ring (bicyclic) bond motifs is 1. The van der Waals surface area contributed by atoms with E-state index < -0.39 is 11.7 Å². The summed E-state index contributed by atoms with van der Waals surface area (Å²) in [4.78, 5) is 23.8. The summed E-state index contributed by atoms with van der Waals surface area (Å²) in [5.74, 6) is 0. The summed E-state index contributed by atoms with van der Waals surface area (Å²) in [6.07, 6.45) is -3.11. The van der Waals surface area contributed by atoms with Gasteiger partial charge in [-0.1, -0.05) is 11.8 Å². The highest BCUT2D eigenvalue weighted by Gasteiger charge is 2.21. The van der Waals surface area contributed by atoms with Crippen molar-refractivity contribution in [3.05, 3.63) is 28.2 Å². The van der Waals surface area contributed by atoms with E-state index >= 15 is 0 Å². The van der Waals surface area contributed by atoms with Crippen molar-refractivity contribution >= 4 is 22.9 Å². The highest BCUT2D eigenvalue weighted by atomic mass is 32.2. The van der Waals surface area contributed by atoms with Gasteiger partial charge in [-0.3, -0.25) is 4.79 Å². The zero-order chi connectivity index (χ0) is 12.5. The van der Waals surface area contributed by atoms with Gasteiger partial charge in [-0.25, -0.2) is 9.97 Å². The predicted octanol–water partition coefficient (Wildman–Crippen LogP) is 1.81. The van der Waals surface area contributed by atoms with Gasteiger partial charge in [-0.05, 0) is 5.41 Å². The number of nitrogens with zero attached hydrogens (tertiary/aromatic N) is 2. The monoisotopic (exact) mass is 262 g/mol. The molecule has 0 amide bonds. The predicted molar refractivity (Wildman–Crippen MR) is 55.6 cm³/mol. The van der Waals surface area contributed by atoms with Crippen LogP contribution in [0, 0.1) is 0 Å². The summed E-state index contributed by atoms with van der Waals surface area (Å²) < 4.78 is 35.5. The molecule has 2 aromatic heterocycles. The van der Waals surface area contributed by atoms with Crippen molar-refractivity contribution in [1.82, 2.24) is 19.9 Å². The zero-order valence-electron chi connectivity index (χ0n) is 8.08. The number of allylic oxidation sites excluding steroid dienone is 1. The number of alkyl halides is 3. The molecule has 0 fully saturated rings. The van der Waals surface area contributed by atoms with Gasteiger partial charge in [0.15, 0.2) is 16.3 Å². The Bertz CT molecular complexity index is 615. The molecule has 0 bridgehead atoms. The van der Waals surface area contributed by atoms with Crippen molar-refractivity contribution in [2.45, 2.75) is 11.3 Å². The second-order valence-electron chi connectivity index (χ2n) is 2.93. The second-order valence-corrected chi connectivity index (χ2v) is 3.83. The van der Waals surface area contributed by atoms with Gasteiger partial charge in [0.1, 0.15) is 0 Å². The van der Waals surface area contributed by atoms with Crippen LogP contribution in [0.2, 0.25) is 0 Å². The lowest BCUT2D eigenvalue weighted by atomic mass is 10.6. The van der Waals surface area contributed by atoms with Crippen LogP contribution < -0.4 is 5.56 Å². The number of thioether (sulfide) groups is 1. The van der Waals surface area contributed by atoms with E-state index in [-0.39, 0.29) is 22.4 Å². The van der Waals surface area contributed by atoms with Crippen LogP contribution in [-0.4, -0.2) is 26.1 Å². The number of hydrogen-bond donors (Lipinski definition) is 2. The van der Waals surface area contributed by atoms with Gasteiger partial charge in [0, 0.05) is 6.08 Å². The number of imidazole rings is 1. The smallest absolute Gasteiger partial charge is 0.327 e. The van der Waals surface area contributed by atoms with Crippen molar-refractivity contribution in [3.63, 3.8) is 0 Å². The molecule has 0 aliphatic carbocycles. The molecule has 0 atom stereocenters. The van der Waals surface area contributed by atoms with E-state index in [4.69, 9.17) is 0 Å². The molecule has 17 heavy (non-hydrogen) atoms. The lowest BCUT2D eigenvalue weighted by Crippen LogP contribution is -2.05. The Morgan fingerprint density at radius 2 is 2.18 bits per heavy atom. The Morgan fingerprint density at radius 3 is 2.82 bits per heavy atom. The fourth-order valence-corrected chi connectivity index (χ4v) is 1.70. The lowest BCUT2D eigenvalue weighted by molar-refractivity contribution is -0.0796. The first-order valence-corrected chi connectivity index (χ1v) is 5.18. The summed E-state index contributed by atoms with van der Waals surface area (Å²) in [5, 5.41) is 1.01. The van der Waals surface area contributed by atoms with E-state index in [0.717, 1.165) is 17.2 Å². The van der Waals surface area contributed by atoms with Crippen molar-refractivity contribution in [2.24, 2.45) is 0 Å². The Morgan fingerprint density at radius 1 is 1.41 bits per heavy atom. The molecule has 5 nitrogen and oxygen atoms in total. The molecule has 0 saturated heterocycles. The van der Waals surface area contributed by atoms with Gasteiger partial charge >= 0.3 is 6.18 Å². The molecule has 2 N–H and O–H groups in total. The number of rotatable bonds is 2. The number of nitrogens with one attached hydrogen (secondary N) is 2. The van der Waals surface area contributed by atoms with Crippen LogP contribution in [0.1, 0.15) is 0 Å². The maximum absolute atomic E-state index is 11.8. The maximum Gasteiger partial charge on any atom is 0.410 e. The zero-order valence-corrected chi connectivity index (χ0v) is 8.89. The van der Waals surface area contributed by atoms with Crippen LogP contribution in [0.25, 0.3) is 11.2 Å². The summed E-state index contributed by atoms with van der Waals surface area (Å²) in [6, 6.07) is 0. The van der Waals surface area contributed by atoms with Crippen LogP contribution in [0.3, 0.4) is 0 Å². The third-order valence-corrected chi connectivity index (χ3v) is 2.40. The summed E-state index contributed by atoms with van der Waals surface area (Å²) in [7, 11) is 0. The normalized spacial score (nSPS) is 12.6. The molecule has 0 aliphatic heterocycles. The van der Waals surface area contributed by atoms with Crippen molar-refractivity contribution < 1.29 is 13.2 Å². The molecule has 2 rings (SSSR count). The Kier molecular flexibility index (Phi) is 2.92. The second kappa shape index (κ2) is 4.24. The third kappa shape index (κ3) is 2.87. The first-order chi connectivity index (χ1) is 7.96. The van der Waals surface area contributed by atoms with Gasteiger partial charge in [-0.15, -0.1) is 0 Å². The van der Waals surface area contributed by atoms with Gasteiger partial charge in [-0.2, -0.15) is 13.2 Å². The van der Waals surface area contributed by atoms with Crippen LogP contribution in [0.4, 0.5) is 13.2 Å². The molecule has 0 spiro atoms. The maximum atomic E-state index is 11.8. The molecule has 9 heteroatoms. The van der Waals surface area contributed by atoms with Crippen LogP contribution >= 0.6 is 11.8 Å². The van der Waals surface area contributed by atoms with Gasteiger partial charge in [0.2, 0.25) is 0 Å². The van der Waals surface area contributed by atoms with Crippen molar-refractivity contribution in [1.29, 1.82) is 0 Å². The van der Waals surface area contributed by atoms with E-state index in [1.165, 1.54) is 6.33 Å².